The number of amides is 4. The average Bonchev–Trinajstić information content (AvgIpc) is 3.21. The van der Waals surface area contributed by atoms with Gasteiger partial charge in [0.25, 0.3) is 5.91 Å². The Bertz CT molecular complexity index is 1240. The maximum Gasteiger partial charge on any atom is 0.321 e. The zero-order chi connectivity index (χ0) is 29.0. The van der Waals surface area contributed by atoms with E-state index in [0.29, 0.717) is 24.2 Å². The van der Waals surface area contributed by atoms with Crippen molar-refractivity contribution in [2.24, 2.45) is 11.8 Å². The van der Waals surface area contributed by atoms with Crippen LogP contribution in [-0.4, -0.2) is 64.9 Å². The van der Waals surface area contributed by atoms with Crippen molar-refractivity contribution in [2.75, 3.05) is 32.0 Å². The lowest BCUT2D eigenvalue weighted by Crippen LogP contribution is -2.54. The Kier molecular flexibility index (Phi) is 8.66. The van der Waals surface area contributed by atoms with Crippen LogP contribution in [0.15, 0.2) is 48.5 Å². The van der Waals surface area contributed by atoms with Gasteiger partial charge in [0.05, 0.1) is 5.54 Å². The van der Waals surface area contributed by atoms with E-state index in [1.807, 2.05) is 0 Å². The van der Waals surface area contributed by atoms with Gasteiger partial charge in [-0.15, -0.1) is 0 Å². The molecule has 41 heavy (non-hydrogen) atoms. The standard InChI is InChI=1S/C33H45N5O3/c1-4-24(2)20-32(26-12-6-5-7-13-26)16-18-33(19-17-32)23-37(31(41)38(33)21-25-10-8-11-25)22-29(39)36-28-15-9-14-27(35-28)30(40)34-3/h5-7,9,12-15,24-25H,4,8,10-11,16-23H2,1-3H3,(H,34,40)(H,35,36,39). The fourth-order valence-corrected chi connectivity index (χ4v) is 7.16. The smallest absolute Gasteiger partial charge is 0.321 e. The van der Waals surface area contributed by atoms with E-state index in [-0.39, 0.29) is 41.0 Å². The van der Waals surface area contributed by atoms with Gasteiger partial charge in [-0.2, -0.15) is 0 Å². The van der Waals surface area contributed by atoms with Gasteiger partial charge >= 0.3 is 6.03 Å². The summed E-state index contributed by atoms with van der Waals surface area (Å²) in [6, 6.07) is 15.9. The van der Waals surface area contributed by atoms with Crippen LogP contribution in [0, 0.1) is 11.8 Å². The summed E-state index contributed by atoms with van der Waals surface area (Å²) < 4.78 is 0. The second kappa shape index (κ2) is 12.2. The molecule has 2 heterocycles. The molecular formula is C33H45N5O3. The fraction of sp³-hybridized carbons (Fsp3) is 0.576. The zero-order valence-corrected chi connectivity index (χ0v) is 24.8. The van der Waals surface area contributed by atoms with E-state index in [1.165, 1.54) is 24.8 Å². The maximum absolute atomic E-state index is 13.9. The van der Waals surface area contributed by atoms with E-state index in [9.17, 15) is 14.4 Å². The number of pyridine rings is 1. The predicted molar refractivity (Wildman–Crippen MR) is 161 cm³/mol. The Labute approximate surface area is 244 Å². The lowest BCUT2D eigenvalue weighted by atomic mass is 9.60. The van der Waals surface area contributed by atoms with E-state index in [4.69, 9.17) is 0 Å². The summed E-state index contributed by atoms with van der Waals surface area (Å²) >= 11 is 0. The highest BCUT2D eigenvalue weighted by molar-refractivity contribution is 5.96. The number of benzene rings is 1. The second-order valence-corrected chi connectivity index (χ2v) is 12.7. The third-order valence-corrected chi connectivity index (χ3v) is 10.00. The Hall–Kier alpha value is -3.42. The second-order valence-electron chi connectivity index (χ2n) is 12.7. The summed E-state index contributed by atoms with van der Waals surface area (Å²) in [4.78, 5) is 47.1. The Morgan fingerprint density at radius 2 is 1.78 bits per heavy atom. The average molecular weight is 560 g/mol. The summed E-state index contributed by atoms with van der Waals surface area (Å²) in [5.74, 6) is 0.880. The topological polar surface area (TPSA) is 94.6 Å². The van der Waals surface area contributed by atoms with Crippen molar-refractivity contribution in [3.63, 3.8) is 0 Å². The number of aromatic nitrogens is 1. The van der Waals surface area contributed by atoms with Crippen molar-refractivity contribution < 1.29 is 14.4 Å². The lowest BCUT2D eigenvalue weighted by Gasteiger charge is -2.50. The monoisotopic (exact) mass is 559 g/mol. The molecule has 1 aliphatic heterocycles. The number of carbonyl (C=O) groups excluding carboxylic acids is 3. The fourth-order valence-electron chi connectivity index (χ4n) is 7.16. The van der Waals surface area contributed by atoms with Crippen LogP contribution < -0.4 is 10.6 Å². The molecule has 2 aromatic rings. The quantitative estimate of drug-likeness (QED) is 0.396. The molecule has 1 aromatic heterocycles. The highest BCUT2D eigenvalue weighted by Crippen LogP contribution is 2.51. The van der Waals surface area contributed by atoms with Crippen molar-refractivity contribution in [1.82, 2.24) is 20.1 Å². The van der Waals surface area contributed by atoms with Gasteiger partial charge in [-0.3, -0.25) is 9.59 Å². The zero-order valence-electron chi connectivity index (χ0n) is 24.8. The third kappa shape index (κ3) is 6.11. The molecule has 2 aliphatic carbocycles. The molecule has 4 amide bonds. The van der Waals surface area contributed by atoms with Crippen molar-refractivity contribution in [3.8, 4) is 0 Å². The van der Waals surface area contributed by atoms with E-state index in [0.717, 1.165) is 45.1 Å². The minimum absolute atomic E-state index is 0.0201. The minimum atomic E-state index is -0.318. The number of rotatable bonds is 10. The number of carbonyl (C=O) groups is 3. The molecule has 8 heteroatoms. The molecule has 1 saturated heterocycles. The Balaban J connectivity index is 1.33. The van der Waals surface area contributed by atoms with Gasteiger partial charge in [-0.25, -0.2) is 9.78 Å². The first-order valence-electron chi connectivity index (χ1n) is 15.4. The molecule has 1 aromatic carbocycles. The van der Waals surface area contributed by atoms with E-state index < -0.39 is 0 Å². The van der Waals surface area contributed by atoms with Crippen molar-refractivity contribution in [3.05, 3.63) is 59.8 Å². The molecule has 8 nitrogen and oxygen atoms in total. The lowest BCUT2D eigenvalue weighted by molar-refractivity contribution is -0.116. The van der Waals surface area contributed by atoms with Gasteiger partial charge in [0.1, 0.15) is 18.1 Å². The van der Waals surface area contributed by atoms with Gasteiger partial charge in [-0.1, -0.05) is 63.1 Å². The maximum atomic E-state index is 13.9. The molecule has 1 atom stereocenters. The molecule has 220 valence electrons. The van der Waals surface area contributed by atoms with Crippen molar-refractivity contribution >= 4 is 23.7 Å². The van der Waals surface area contributed by atoms with Crippen LogP contribution in [0.3, 0.4) is 0 Å². The molecule has 3 aliphatic rings. The number of anilines is 1. The molecule has 0 bridgehead atoms. The number of urea groups is 1. The van der Waals surface area contributed by atoms with Gasteiger partial charge in [-0.05, 0) is 79.9 Å². The Morgan fingerprint density at radius 3 is 2.41 bits per heavy atom. The van der Waals surface area contributed by atoms with Crippen LogP contribution >= 0.6 is 0 Å². The predicted octanol–water partition coefficient (Wildman–Crippen LogP) is 5.60. The van der Waals surface area contributed by atoms with Crippen LogP contribution in [0.25, 0.3) is 0 Å². The van der Waals surface area contributed by atoms with Crippen LogP contribution in [0.2, 0.25) is 0 Å². The van der Waals surface area contributed by atoms with Crippen LogP contribution in [0.5, 0.6) is 0 Å². The summed E-state index contributed by atoms with van der Waals surface area (Å²) in [5.41, 5.74) is 1.54. The normalized spacial score (nSPS) is 25.2. The highest BCUT2D eigenvalue weighted by atomic mass is 16.2. The number of nitrogens with one attached hydrogen (secondary N) is 2. The molecule has 0 radical (unpaired) electrons. The molecule has 1 spiro atoms. The first kappa shape index (κ1) is 29.1. The number of hydrogen-bond donors (Lipinski definition) is 2. The molecule has 1 unspecified atom stereocenters. The number of hydrogen-bond acceptors (Lipinski definition) is 4. The molecule has 2 N–H and O–H groups in total. The van der Waals surface area contributed by atoms with Gasteiger partial charge in [0, 0.05) is 20.1 Å². The molecule has 2 saturated carbocycles. The summed E-state index contributed by atoms with van der Waals surface area (Å²) in [7, 11) is 1.54. The van der Waals surface area contributed by atoms with E-state index in [1.54, 1.807) is 30.1 Å². The largest absolute Gasteiger partial charge is 0.354 e. The number of nitrogens with zero attached hydrogens (tertiary/aromatic N) is 3. The van der Waals surface area contributed by atoms with E-state index in [2.05, 4.69) is 64.7 Å². The SMILES string of the molecule is CCC(C)CC1(c2ccccc2)CCC2(CC1)CN(CC(=O)Nc1cccc(C(=O)NC)n1)C(=O)N2CC1CCC1. The third-order valence-electron chi connectivity index (χ3n) is 10.00. The van der Waals surface area contributed by atoms with Gasteiger partial charge in [0.15, 0.2) is 0 Å². The van der Waals surface area contributed by atoms with E-state index >= 15 is 0 Å². The van der Waals surface area contributed by atoms with Crippen LogP contribution in [0.1, 0.15) is 87.7 Å². The van der Waals surface area contributed by atoms with Gasteiger partial charge < -0.3 is 20.4 Å². The summed E-state index contributed by atoms with van der Waals surface area (Å²) in [6.07, 6.45) is 9.91. The molecule has 5 rings (SSSR count). The van der Waals surface area contributed by atoms with Gasteiger partial charge in [0.2, 0.25) is 5.91 Å². The summed E-state index contributed by atoms with van der Waals surface area (Å²) in [5, 5.41) is 5.34. The minimum Gasteiger partial charge on any atom is -0.354 e. The highest BCUT2D eigenvalue weighted by Gasteiger charge is 2.54. The molecular weight excluding hydrogens is 514 g/mol. The molecule has 3 fully saturated rings. The first-order chi connectivity index (χ1) is 19.8. The Morgan fingerprint density at radius 1 is 1.05 bits per heavy atom. The van der Waals surface area contributed by atoms with Crippen LogP contribution in [-0.2, 0) is 10.2 Å². The first-order valence-corrected chi connectivity index (χ1v) is 15.4. The van der Waals surface area contributed by atoms with Crippen molar-refractivity contribution in [2.45, 2.75) is 82.6 Å². The summed E-state index contributed by atoms with van der Waals surface area (Å²) in [6.45, 7) is 5.97. The van der Waals surface area contributed by atoms with Crippen molar-refractivity contribution in [1.29, 1.82) is 0 Å². The van der Waals surface area contributed by atoms with Crippen LogP contribution in [0.4, 0.5) is 10.6 Å².